The summed E-state index contributed by atoms with van der Waals surface area (Å²) in [6, 6.07) is 13.4. The Kier molecular flexibility index (Phi) is 9.73. The van der Waals surface area contributed by atoms with Gasteiger partial charge in [-0.2, -0.15) is 0 Å². The molecule has 0 fully saturated rings. The molecule has 1 atom stereocenters. The minimum Gasteiger partial charge on any atom is -0.354 e. The van der Waals surface area contributed by atoms with Crippen LogP contribution in [0.25, 0.3) is 0 Å². The average Bonchev–Trinajstić information content (AvgIpc) is 2.77. The maximum atomic E-state index is 13.5. The van der Waals surface area contributed by atoms with Crippen molar-refractivity contribution in [1.82, 2.24) is 10.2 Å². The van der Waals surface area contributed by atoms with Crippen molar-refractivity contribution in [3.63, 3.8) is 0 Å². The van der Waals surface area contributed by atoms with Gasteiger partial charge in [-0.25, -0.2) is 8.42 Å². The van der Waals surface area contributed by atoms with Crippen LogP contribution in [0.1, 0.15) is 37.8 Å². The molecule has 33 heavy (non-hydrogen) atoms. The number of hydrogen-bond donors (Lipinski definition) is 1. The van der Waals surface area contributed by atoms with Crippen molar-refractivity contribution in [2.24, 2.45) is 0 Å². The largest absolute Gasteiger partial charge is 0.354 e. The lowest BCUT2D eigenvalue weighted by Crippen LogP contribution is -2.51. The summed E-state index contributed by atoms with van der Waals surface area (Å²) in [5.74, 6) is -0.764. The summed E-state index contributed by atoms with van der Waals surface area (Å²) in [6.07, 6.45) is 2.81. The molecule has 0 aliphatic heterocycles. The van der Waals surface area contributed by atoms with Gasteiger partial charge in [0.05, 0.1) is 11.9 Å². The summed E-state index contributed by atoms with van der Waals surface area (Å²) < 4.78 is 26.3. The molecule has 0 spiro atoms. The van der Waals surface area contributed by atoms with E-state index in [1.807, 2.05) is 37.3 Å². The molecular weight excluding hydrogens is 462 g/mol. The molecule has 7 nitrogen and oxygen atoms in total. The van der Waals surface area contributed by atoms with Crippen molar-refractivity contribution < 1.29 is 18.0 Å². The number of anilines is 1. The van der Waals surface area contributed by atoms with Crippen LogP contribution in [0.4, 0.5) is 5.69 Å². The molecular formula is C24H32ClN3O4S. The molecule has 0 saturated heterocycles. The molecule has 0 radical (unpaired) electrons. The molecule has 2 rings (SSSR count). The molecule has 0 bridgehead atoms. The number of carbonyl (C=O) groups excluding carboxylic acids is 2. The van der Waals surface area contributed by atoms with Gasteiger partial charge in [-0.05, 0) is 43.5 Å². The highest BCUT2D eigenvalue weighted by Crippen LogP contribution is 2.28. The summed E-state index contributed by atoms with van der Waals surface area (Å²) in [5, 5.41) is 3.26. The van der Waals surface area contributed by atoms with E-state index in [1.54, 1.807) is 32.0 Å². The van der Waals surface area contributed by atoms with Crippen molar-refractivity contribution >= 4 is 39.1 Å². The van der Waals surface area contributed by atoms with Crippen molar-refractivity contribution in [3.05, 3.63) is 64.7 Å². The van der Waals surface area contributed by atoms with Gasteiger partial charge in [-0.3, -0.25) is 13.9 Å². The monoisotopic (exact) mass is 493 g/mol. The molecule has 0 aliphatic carbocycles. The first-order valence-corrected chi connectivity index (χ1v) is 13.1. The van der Waals surface area contributed by atoms with Gasteiger partial charge in [0, 0.05) is 18.1 Å². The van der Waals surface area contributed by atoms with E-state index in [1.165, 1.54) is 4.90 Å². The number of unbranched alkanes of at least 4 members (excludes halogenated alkanes) is 1. The normalized spacial score (nSPS) is 12.2. The highest BCUT2D eigenvalue weighted by Gasteiger charge is 2.30. The van der Waals surface area contributed by atoms with Gasteiger partial charge in [-0.15, -0.1) is 0 Å². The predicted molar refractivity (Wildman–Crippen MR) is 133 cm³/mol. The van der Waals surface area contributed by atoms with Gasteiger partial charge in [0.2, 0.25) is 21.8 Å². The van der Waals surface area contributed by atoms with Crippen LogP contribution in [0.2, 0.25) is 5.02 Å². The molecule has 2 aromatic carbocycles. The number of amides is 2. The maximum absolute atomic E-state index is 13.5. The number of benzene rings is 2. The molecule has 9 heteroatoms. The van der Waals surface area contributed by atoms with Gasteiger partial charge in [0.1, 0.15) is 12.6 Å². The molecule has 2 aromatic rings. The zero-order chi connectivity index (χ0) is 24.6. The maximum Gasteiger partial charge on any atom is 0.244 e. The standard InChI is InChI=1S/C24H32ClN3O4S/c1-5-6-15-26-24(30)19(3)27(16-20-11-8-7-9-12-20)23(29)17-28(33(4,31)32)22-14-10-13-21(25)18(22)2/h7-14,19H,5-6,15-17H2,1-4H3,(H,26,30)/t19-/m0/s1. The quantitative estimate of drug-likeness (QED) is 0.483. The van der Waals surface area contributed by atoms with Crippen LogP contribution in [0.3, 0.4) is 0 Å². The van der Waals surface area contributed by atoms with Gasteiger partial charge in [0.15, 0.2) is 0 Å². The Hall–Kier alpha value is -2.58. The fraction of sp³-hybridized carbons (Fsp3) is 0.417. The minimum atomic E-state index is -3.80. The van der Waals surface area contributed by atoms with E-state index in [0.29, 0.717) is 22.8 Å². The van der Waals surface area contributed by atoms with Crippen LogP contribution in [0, 0.1) is 6.92 Å². The van der Waals surface area contributed by atoms with Crippen LogP contribution < -0.4 is 9.62 Å². The summed E-state index contributed by atoms with van der Waals surface area (Å²) in [7, 11) is -3.80. The zero-order valence-corrected chi connectivity index (χ0v) is 21.1. The van der Waals surface area contributed by atoms with E-state index in [-0.39, 0.29) is 12.5 Å². The Labute approximate surface area is 201 Å². The van der Waals surface area contributed by atoms with E-state index in [0.717, 1.165) is 29.0 Å². The van der Waals surface area contributed by atoms with Gasteiger partial charge in [-0.1, -0.05) is 61.3 Å². The molecule has 2 amide bonds. The molecule has 0 heterocycles. The van der Waals surface area contributed by atoms with Crippen LogP contribution in [-0.4, -0.2) is 50.5 Å². The Morgan fingerprint density at radius 1 is 1.09 bits per heavy atom. The SMILES string of the molecule is CCCCNC(=O)[C@H](C)N(Cc1ccccc1)C(=O)CN(c1cccc(Cl)c1C)S(C)(=O)=O. The van der Waals surface area contributed by atoms with Crippen molar-refractivity contribution in [3.8, 4) is 0 Å². The third-order valence-electron chi connectivity index (χ3n) is 5.38. The Morgan fingerprint density at radius 2 is 1.76 bits per heavy atom. The van der Waals surface area contributed by atoms with E-state index in [9.17, 15) is 18.0 Å². The lowest BCUT2D eigenvalue weighted by molar-refractivity contribution is -0.139. The second-order valence-corrected chi connectivity index (χ2v) is 10.3. The van der Waals surface area contributed by atoms with Crippen LogP contribution in [0.15, 0.2) is 48.5 Å². The molecule has 0 saturated carbocycles. The second-order valence-electron chi connectivity index (χ2n) is 7.98. The molecule has 0 aliphatic rings. The first-order chi connectivity index (χ1) is 15.6. The number of nitrogens with zero attached hydrogens (tertiary/aromatic N) is 2. The van der Waals surface area contributed by atoms with Crippen molar-refractivity contribution in [1.29, 1.82) is 0 Å². The van der Waals surface area contributed by atoms with Crippen LogP contribution in [-0.2, 0) is 26.2 Å². The van der Waals surface area contributed by atoms with E-state index in [2.05, 4.69) is 5.32 Å². The molecule has 0 unspecified atom stereocenters. The highest BCUT2D eigenvalue weighted by atomic mass is 35.5. The first kappa shape index (κ1) is 26.7. The Bertz CT molecular complexity index is 1060. The number of rotatable bonds is 11. The van der Waals surface area contributed by atoms with Crippen LogP contribution in [0.5, 0.6) is 0 Å². The third-order valence-corrected chi connectivity index (χ3v) is 6.92. The van der Waals surface area contributed by atoms with E-state index in [4.69, 9.17) is 11.6 Å². The fourth-order valence-electron chi connectivity index (χ4n) is 3.36. The Morgan fingerprint density at radius 3 is 2.36 bits per heavy atom. The summed E-state index contributed by atoms with van der Waals surface area (Å²) in [4.78, 5) is 27.6. The van der Waals surface area contributed by atoms with Crippen LogP contribution >= 0.6 is 11.6 Å². The van der Waals surface area contributed by atoms with Crippen molar-refractivity contribution in [2.45, 2.75) is 46.2 Å². The van der Waals surface area contributed by atoms with E-state index >= 15 is 0 Å². The number of nitrogens with one attached hydrogen (secondary N) is 1. The smallest absolute Gasteiger partial charge is 0.244 e. The van der Waals surface area contributed by atoms with Gasteiger partial charge >= 0.3 is 0 Å². The first-order valence-electron chi connectivity index (χ1n) is 10.9. The zero-order valence-electron chi connectivity index (χ0n) is 19.5. The second kappa shape index (κ2) is 12.0. The number of hydrogen-bond acceptors (Lipinski definition) is 4. The lowest BCUT2D eigenvalue weighted by Gasteiger charge is -2.32. The minimum absolute atomic E-state index is 0.175. The molecule has 1 N–H and O–H groups in total. The summed E-state index contributed by atoms with van der Waals surface area (Å²) in [5.41, 5.74) is 1.72. The Balaban J connectivity index is 2.36. The molecule has 180 valence electrons. The topological polar surface area (TPSA) is 86.8 Å². The molecule has 0 aromatic heterocycles. The van der Waals surface area contributed by atoms with Gasteiger partial charge < -0.3 is 10.2 Å². The average molecular weight is 494 g/mol. The third kappa shape index (κ3) is 7.47. The predicted octanol–water partition coefficient (Wildman–Crippen LogP) is 3.75. The number of halogens is 1. The number of carbonyl (C=O) groups is 2. The number of sulfonamides is 1. The highest BCUT2D eigenvalue weighted by molar-refractivity contribution is 7.92. The lowest BCUT2D eigenvalue weighted by atomic mass is 10.1. The van der Waals surface area contributed by atoms with Crippen molar-refractivity contribution in [2.75, 3.05) is 23.7 Å². The summed E-state index contributed by atoms with van der Waals surface area (Å²) in [6.45, 7) is 5.62. The summed E-state index contributed by atoms with van der Waals surface area (Å²) >= 11 is 6.20. The fourth-order valence-corrected chi connectivity index (χ4v) is 4.43. The van der Waals surface area contributed by atoms with E-state index < -0.39 is 28.5 Å². The van der Waals surface area contributed by atoms with Gasteiger partial charge in [0.25, 0.3) is 0 Å².